The number of piperidine rings is 1. The Morgan fingerprint density at radius 3 is 2.20 bits per heavy atom. The molecular weight excluding hydrogens is 757 g/mol. The van der Waals surface area contributed by atoms with Crippen molar-refractivity contribution >= 4 is 28.2 Å². The number of aromatic hydroxyl groups is 2. The number of phenols is 2. The Morgan fingerprint density at radius 2 is 1.58 bits per heavy atom. The van der Waals surface area contributed by atoms with E-state index in [0.717, 1.165) is 26.1 Å². The molecule has 0 saturated carbocycles. The van der Waals surface area contributed by atoms with Crippen molar-refractivity contribution in [3.05, 3.63) is 57.8 Å². The summed E-state index contributed by atoms with van der Waals surface area (Å²) >= 11 is 0. The lowest BCUT2D eigenvalue weighted by atomic mass is 9.80. The zero-order valence-corrected chi connectivity index (χ0v) is 38.9. The first-order valence-electron chi connectivity index (χ1n) is 22.4. The maximum atomic E-state index is 14.7. The number of likely N-dealkylation sites (tertiary alicyclic amines) is 1. The minimum atomic E-state index is -1.29. The molecule has 1 amide bonds. The number of aliphatic hydroxyl groups excluding tert-OH is 1. The Labute approximate surface area is 358 Å². The quantitative estimate of drug-likeness (QED) is 0.177. The van der Waals surface area contributed by atoms with Gasteiger partial charge in [-0.1, -0.05) is 99.6 Å². The third kappa shape index (κ3) is 9.68. The van der Waals surface area contributed by atoms with E-state index in [1.165, 1.54) is 0 Å². The van der Waals surface area contributed by atoms with E-state index in [0.29, 0.717) is 47.0 Å². The van der Waals surface area contributed by atoms with E-state index in [9.17, 15) is 24.9 Å². The van der Waals surface area contributed by atoms with Gasteiger partial charge in [-0.15, -0.1) is 0 Å². The smallest absolute Gasteiger partial charge is 0.251 e. The second-order valence-electron chi connectivity index (χ2n) is 17.7. The van der Waals surface area contributed by atoms with Crippen LogP contribution in [0.1, 0.15) is 131 Å². The van der Waals surface area contributed by atoms with Gasteiger partial charge < -0.3 is 35.0 Å². The van der Waals surface area contributed by atoms with Gasteiger partial charge in [0.1, 0.15) is 22.5 Å². The van der Waals surface area contributed by atoms with Gasteiger partial charge >= 0.3 is 0 Å². The van der Waals surface area contributed by atoms with Gasteiger partial charge in [-0.3, -0.25) is 19.6 Å². The molecule has 1 saturated heterocycles. The Morgan fingerprint density at radius 1 is 0.950 bits per heavy atom. The summed E-state index contributed by atoms with van der Waals surface area (Å²) in [7, 11) is 1.68. The minimum Gasteiger partial charge on any atom is -0.507 e. The van der Waals surface area contributed by atoms with Gasteiger partial charge in [-0.2, -0.15) is 0 Å². The third-order valence-corrected chi connectivity index (χ3v) is 12.6. The number of fused-ring (bicyclic) bond motifs is 13. The summed E-state index contributed by atoms with van der Waals surface area (Å²) in [5.74, 6) is -0.512. The van der Waals surface area contributed by atoms with E-state index in [4.69, 9.17) is 19.5 Å². The second kappa shape index (κ2) is 20.2. The number of ketones is 1. The number of aliphatic hydroxyl groups is 1. The van der Waals surface area contributed by atoms with E-state index in [1.807, 2.05) is 58.9 Å². The lowest BCUT2D eigenvalue weighted by molar-refractivity contribution is -0.112. The number of nitrogens with zero attached hydrogens (tertiary/aromatic N) is 3. The van der Waals surface area contributed by atoms with E-state index < -0.39 is 23.3 Å². The Bertz CT molecular complexity index is 2100. The zero-order valence-electron chi connectivity index (χ0n) is 38.9. The number of phenolic OH excluding ortho intramolecular Hbond substituents is 2. The first-order valence-corrected chi connectivity index (χ1v) is 22.4. The molecule has 5 bridgehead atoms. The molecule has 11 nitrogen and oxygen atoms in total. The van der Waals surface area contributed by atoms with Crippen LogP contribution in [0.5, 0.6) is 17.2 Å². The fourth-order valence-corrected chi connectivity index (χ4v) is 9.32. The monoisotopic (exact) mass is 831 g/mol. The van der Waals surface area contributed by atoms with E-state index in [2.05, 4.69) is 44.8 Å². The second-order valence-corrected chi connectivity index (χ2v) is 17.7. The van der Waals surface area contributed by atoms with Crippen LogP contribution in [0, 0.1) is 36.5 Å². The van der Waals surface area contributed by atoms with Gasteiger partial charge in [0, 0.05) is 68.4 Å². The Hall–Kier alpha value is -4.06. The summed E-state index contributed by atoms with van der Waals surface area (Å²) in [5, 5.41) is 39.2. The van der Waals surface area contributed by atoms with Gasteiger partial charge in [0.2, 0.25) is 5.78 Å². The lowest BCUT2D eigenvalue weighted by Crippen LogP contribution is -2.43. The Kier molecular flexibility index (Phi) is 16.4. The number of carbonyl (C=O) groups is 2. The van der Waals surface area contributed by atoms with Crippen molar-refractivity contribution in [1.29, 1.82) is 0 Å². The van der Waals surface area contributed by atoms with Gasteiger partial charge in [-0.25, -0.2) is 0 Å². The highest BCUT2D eigenvalue weighted by molar-refractivity contribution is 6.20. The third-order valence-electron chi connectivity index (χ3n) is 12.6. The minimum absolute atomic E-state index is 0.00423. The van der Waals surface area contributed by atoms with Crippen molar-refractivity contribution in [1.82, 2.24) is 4.90 Å². The molecule has 7 rings (SSSR count). The fraction of sp³-hybridized carbons (Fsp3) is 0.633. The normalized spacial score (nSPS) is 30.2. The number of rotatable bonds is 3. The molecule has 7 atom stereocenters. The average Bonchev–Trinajstić information content (AvgIpc) is 3.72. The molecule has 2 aromatic carbocycles. The van der Waals surface area contributed by atoms with Crippen molar-refractivity contribution in [3.63, 3.8) is 0 Å². The number of hydrogen-bond acceptors (Lipinski definition) is 10. The number of Topliss-reactive ketones (excluding diaryl/α,β-unsaturated/α-hetero) is 1. The number of hydrogen-bond donors (Lipinski definition) is 4. The van der Waals surface area contributed by atoms with Crippen LogP contribution in [0.3, 0.4) is 0 Å². The maximum absolute atomic E-state index is 14.7. The van der Waals surface area contributed by atoms with Crippen LogP contribution in [0.15, 0.2) is 45.9 Å². The fourth-order valence-electron chi connectivity index (χ4n) is 9.32. The highest BCUT2D eigenvalue weighted by Gasteiger charge is 2.48. The van der Waals surface area contributed by atoms with E-state index in [-0.39, 0.29) is 81.3 Å². The van der Waals surface area contributed by atoms with Crippen molar-refractivity contribution in [2.24, 2.45) is 39.6 Å². The van der Waals surface area contributed by atoms with Crippen molar-refractivity contribution < 1.29 is 34.4 Å². The molecule has 60 heavy (non-hydrogen) atoms. The van der Waals surface area contributed by atoms with Crippen LogP contribution >= 0.6 is 0 Å². The van der Waals surface area contributed by atoms with E-state index in [1.54, 1.807) is 34.0 Å². The topological polar surface area (TPSA) is 153 Å². The lowest BCUT2D eigenvalue weighted by Gasteiger charge is -2.36. The number of allylic oxidation sites excluding steroid dienone is 4. The summed E-state index contributed by atoms with van der Waals surface area (Å²) in [5.41, 5.74) is -1.15. The molecule has 332 valence electrons. The first kappa shape index (κ1) is 48.6. The summed E-state index contributed by atoms with van der Waals surface area (Å²) in [6.07, 6.45) is 11.7. The Balaban J connectivity index is 0.00000193. The van der Waals surface area contributed by atoms with Crippen molar-refractivity contribution in [2.75, 3.05) is 32.1 Å². The molecule has 0 unspecified atom stereocenters. The largest absolute Gasteiger partial charge is 0.507 e. The van der Waals surface area contributed by atoms with Gasteiger partial charge in [-0.05, 0) is 57.3 Å². The van der Waals surface area contributed by atoms with Crippen LogP contribution in [0.2, 0.25) is 0 Å². The van der Waals surface area contributed by atoms with Crippen LogP contribution in [-0.2, 0) is 9.53 Å². The molecule has 2 aromatic rings. The zero-order chi connectivity index (χ0) is 44.9. The summed E-state index contributed by atoms with van der Waals surface area (Å²) in [4.78, 5) is 41.3. The highest BCUT2D eigenvalue weighted by Crippen LogP contribution is 2.50. The number of amides is 1. The molecule has 5 aliphatic heterocycles. The molecule has 1 fully saturated rings. The molecular formula is C49H74N4O7. The van der Waals surface area contributed by atoms with Crippen LogP contribution in [0.4, 0.5) is 5.69 Å². The molecule has 11 heteroatoms. The maximum Gasteiger partial charge on any atom is 0.251 e. The summed E-state index contributed by atoms with van der Waals surface area (Å²) in [6, 6.07) is 0. The van der Waals surface area contributed by atoms with Crippen molar-refractivity contribution in [3.8, 4) is 17.2 Å². The molecule has 1 spiro atoms. The summed E-state index contributed by atoms with van der Waals surface area (Å²) < 4.78 is 12.5. The number of methoxy groups -OCH3 is 1. The van der Waals surface area contributed by atoms with Gasteiger partial charge in [0.25, 0.3) is 5.91 Å². The van der Waals surface area contributed by atoms with Crippen LogP contribution < -0.4 is 20.8 Å². The molecule has 0 radical (unpaired) electrons. The average molecular weight is 831 g/mol. The molecule has 5 aliphatic rings. The highest BCUT2D eigenvalue weighted by atomic mass is 16.5. The molecule has 0 aliphatic carbocycles. The summed E-state index contributed by atoms with van der Waals surface area (Å²) in [6.45, 7) is 28.3. The van der Waals surface area contributed by atoms with Crippen LogP contribution in [0.25, 0.3) is 10.8 Å². The predicted molar refractivity (Wildman–Crippen MR) is 242 cm³/mol. The SMILES string of the molecule is CC.CC.CO[C@H]1[C@H](C)[C@H](O)[C@H](C)C[C@@H](C)/C=C/C=C(/C)C(=O)Nc2c(O)c3c(O)c(C)c4c(c3c3c2=NC2(CCN(CC(C)C)CC2)N=3)C(=O)[C@@](C)(C/C=C/C[C@H]1C)O4. The number of anilines is 1. The first-order chi connectivity index (χ1) is 28.4. The molecule has 0 aromatic heterocycles. The number of ether oxygens (including phenoxy) is 2. The predicted octanol–water partition coefficient (Wildman–Crippen LogP) is 8.75. The molecule has 4 N–H and O–H groups in total. The number of benzene rings is 2. The number of nitrogens with one attached hydrogen (secondary N) is 1. The van der Waals surface area contributed by atoms with E-state index >= 15 is 0 Å². The standard InChI is InChI=1S/C45H62N4O7.2C2H6/c1-24(2)23-49-20-18-45(19-21-49)47-34-31-32-38(51)30(8)41-33(31)42(53)44(9,56-41)17-12-11-15-26(4)40(55-10)29(7)37(50)28(6)22-25(3)14-13-16-27(5)43(54)46-36(39(32)52)35(34)48-45;2*1-2/h11-14,16,24-26,28-29,37,40,50-52H,15,17-23H2,1-10H3,(H,46,54);2*1-2H3/b12-11+,14-13+,27-16-;;/t25-,26+,28+,29+,37+,40+,44+;;/m0../s1. The number of carbonyl (C=O) groups excluding carboxylic acids is 2. The van der Waals surface area contributed by atoms with Gasteiger partial charge in [0.05, 0.1) is 28.5 Å². The molecule has 5 heterocycles. The van der Waals surface area contributed by atoms with Crippen LogP contribution in [-0.4, -0.2) is 82.1 Å². The van der Waals surface area contributed by atoms with Crippen molar-refractivity contribution in [2.45, 2.75) is 146 Å². The van der Waals surface area contributed by atoms with Gasteiger partial charge in [0.15, 0.2) is 17.0 Å².